The maximum Gasteiger partial charge on any atom is 0.145 e. The summed E-state index contributed by atoms with van der Waals surface area (Å²) in [5.41, 5.74) is 1.84. The second-order valence-electron chi connectivity index (χ2n) is 4.07. The zero-order valence-electron chi connectivity index (χ0n) is 9.44. The van der Waals surface area contributed by atoms with Gasteiger partial charge in [-0.15, -0.1) is 0 Å². The van der Waals surface area contributed by atoms with Gasteiger partial charge in [-0.05, 0) is 24.3 Å². The highest BCUT2D eigenvalue weighted by Gasteiger charge is 2.22. The van der Waals surface area contributed by atoms with E-state index in [4.69, 9.17) is 27.9 Å². The molecule has 0 aromatic heterocycles. The molecule has 18 heavy (non-hydrogen) atoms. The summed E-state index contributed by atoms with van der Waals surface area (Å²) < 4.78 is 5.92. The SMILES string of the molecule is ClC1=CC(c2ccccc2Cl)Oc2ccccc21. The van der Waals surface area contributed by atoms with Crippen LogP contribution >= 0.6 is 23.2 Å². The molecule has 90 valence electrons. The molecule has 0 amide bonds. The fourth-order valence-electron chi connectivity index (χ4n) is 2.02. The Kier molecular flexibility index (Phi) is 3.02. The van der Waals surface area contributed by atoms with E-state index in [1.807, 2.05) is 54.6 Å². The van der Waals surface area contributed by atoms with Crippen LogP contribution in [-0.4, -0.2) is 0 Å². The van der Waals surface area contributed by atoms with Crippen molar-refractivity contribution in [2.75, 3.05) is 0 Å². The first-order chi connectivity index (χ1) is 8.75. The summed E-state index contributed by atoms with van der Waals surface area (Å²) in [7, 11) is 0. The largest absolute Gasteiger partial charge is 0.481 e. The number of fused-ring (bicyclic) bond motifs is 1. The molecule has 1 unspecified atom stereocenters. The van der Waals surface area contributed by atoms with E-state index < -0.39 is 0 Å². The third-order valence-electron chi connectivity index (χ3n) is 2.91. The quantitative estimate of drug-likeness (QED) is 0.708. The highest BCUT2D eigenvalue weighted by atomic mass is 35.5. The number of hydrogen-bond acceptors (Lipinski definition) is 1. The van der Waals surface area contributed by atoms with Crippen LogP contribution in [0.5, 0.6) is 5.75 Å². The van der Waals surface area contributed by atoms with Crippen LogP contribution in [0.3, 0.4) is 0 Å². The van der Waals surface area contributed by atoms with Crippen molar-refractivity contribution in [1.29, 1.82) is 0 Å². The van der Waals surface area contributed by atoms with E-state index in [2.05, 4.69) is 0 Å². The van der Waals surface area contributed by atoms with Crippen LogP contribution in [0.4, 0.5) is 0 Å². The summed E-state index contributed by atoms with van der Waals surface area (Å²) in [6.45, 7) is 0. The Labute approximate surface area is 116 Å². The molecule has 1 nitrogen and oxygen atoms in total. The van der Waals surface area contributed by atoms with Gasteiger partial charge in [0.1, 0.15) is 11.9 Å². The Morgan fingerprint density at radius 1 is 0.889 bits per heavy atom. The molecular formula is C15H10Cl2O. The molecule has 0 bridgehead atoms. The first kappa shape index (κ1) is 11.6. The molecule has 0 aliphatic carbocycles. The monoisotopic (exact) mass is 276 g/mol. The van der Waals surface area contributed by atoms with Crippen LogP contribution in [0, 0.1) is 0 Å². The molecule has 0 saturated heterocycles. The standard InChI is InChI=1S/C15H10Cl2O/c16-12-7-3-1-5-10(12)15-9-13(17)11-6-2-4-8-14(11)18-15/h1-9,15H. The third-order valence-corrected chi connectivity index (χ3v) is 3.58. The summed E-state index contributed by atoms with van der Waals surface area (Å²) in [6.07, 6.45) is 1.64. The zero-order valence-corrected chi connectivity index (χ0v) is 10.9. The average molecular weight is 277 g/mol. The van der Waals surface area contributed by atoms with Crippen molar-refractivity contribution in [3.05, 3.63) is 70.8 Å². The number of benzene rings is 2. The Morgan fingerprint density at radius 3 is 2.44 bits per heavy atom. The van der Waals surface area contributed by atoms with Crippen molar-refractivity contribution in [3.8, 4) is 5.75 Å². The van der Waals surface area contributed by atoms with Gasteiger partial charge in [-0.2, -0.15) is 0 Å². The number of halogens is 2. The maximum atomic E-state index is 6.28. The molecule has 2 aromatic rings. The lowest BCUT2D eigenvalue weighted by Crippen LogP contribution is -2.10. The van der Waals surface area contributed by atoms with Crippen LogP contribution < -0.4 is 4.74 Å². The summed E-state index contributed by atoms with van der Waals surface area (Å²) in [5.74, 6) is 0.787. The number of rotatable bonds is 1. The minimum atomic E-state index is -0.235. The lowest BCUT2D eigenvalue weighted by Gasteiger charge is -2.24. The number of ether oxygens (including phenoxy) is 1. The molecule has 0 saturated carbocycles. The minimum Gasteiger partial charge on any atom is -0.481 e. The van der Waals surface area contributed by atoms with Crippen molar-refractivity contribution >= 4 is 28.2 Å². The number of para-hydroxylation sites is 1. The van der Waals surface area contributed by atoms with Gasteiger partial charge < -0.3 is 4.74 Å². The van der Waals surface area contributed by atoms with Crippen molar-refractivity contribution in [2.45, 2.75) is 6.10 Å². The third kappa shape index (κ3) is 2.00. The summed E-state index contributed by atoms with van der Waals surface area (Å²) in [6, 6.07) is 15.3. The predicted molar refractivity (Wildman–Crippen MR) is 75.1 cm³/mol. The molecule has 1 aliphatic rings. The Hall–Kier alpha value is -1.44. The Bertz CT molecular complexity index is 619. The van der Waals surface area contributed by atoms with Crippen molar-refractivity contribution in [2.24, 2.45) is 0 Å². The Morgan fingerprint density at radius 2 is 1.61 bits per heavy atom. The molecule has 0 radical (unpaired) electrons. The highest BCUT2D eigenvalue weighted by molar-refractivity contribution is 6.49. The molecule has 2 aromatic carbocycles. The second-order valence-corrected chi connectivity index (χ2v) is 4.89. The first-order valence-electron chi connectivity index (χ1n) is 5.63. The lowest BCUT2D eigenvalue weighted by atomic mass is 10.0. The highest BCUT2D eigenvalue weighted by Crippen LogP contribution is 2.40. The zero-order chi connectivity index (χ0) is 12.5. The molecule has 3 heteroatoms. The predicted octanol–water partition coefficient (Wildman–Crippen LogP) is 5.05. The van der Waals surface area contributed by atoms with E-state index in [1.165, 1.54) is 0 Å². The number of hydrogen-bond donors (Lipinski definition) is 0. The van der Waals surface area contributed by atoms with Crippen LogP contribution in [-0.2, 0) is 0 Å². The molecule has 3 rings (SSSR count). The van der Waals surface area contributed by atoms with Crippen molar-refractivity contribution < 1.29 is 4.74 Å². The summed E-state index contributed by atoms with van der Waals surface area (Å²) >= 11 is 12.5. The van der Waals surface area contributed by atoms with Gasteiger partial charge in [0.05, 0.1) is 5.03 Å². The minimum absolute atomic E-state index is 0.235. The first-order valence-corrected chi connectivity index (χ1v) is 6.39. The molecule has 0 spiro atoms. The van der Waals surface area contributed by atoms with E-state index in [9.17, 15) is 0 Å². The van der Waals surface area contributed by atoms with Gasteiger partial charge in [-0.3, -0.25) is 0 Å². The maximum absolute atomic E-state index is 6.28. The van der Waals surface area contributed by atoms with Crippen LogP contribution in [0.2, 0.25) is 5.02 Å². The molecule has 1 heterocycles. The van der Waals surface area contributed by atoms with Crippen LogP contribution in [0.25, 0.3) is 5.03 Å². The average Bonchev–Trinajstić information content (AvgIpc) is 2.39. The van der Waals surface area contributed by atoms with Gasteiger partial charge in [0.25, 0.3) is 0 Å². The van der Waals surface area contributed by atoms with E-state index in [0.717, 1.165) is 16.9 Å². The van der Waals surface area contributed by atoms with E-state index in [1.54, 1.807) is 0 Å². The van der Waals surface area contributed by atoms with Crippen molar-refractivity contribution in [3.63, 3.8) is 0 Å². The topological polar surface area (TPSA) is 9.23 Å². The van der Waals surface area contributed by atoms with E-state index >= 15 is 0 Å². The van der Waals surface area contributed by atoms with Gasteiger partial charge in [0.2, 0.25) is 0 Å². The second kappa shape index (κ2) is 4.68. The Balaban J connectivity index is 2.05. The van der Waals surface area contributed by atoms with Gasteiger partial charge >= 0.3 is 0 Å². The summed E-state index contributed by atoms with van der Waals surface area (Å²) in [5, 5.41) is 1.38. The van der Waals surface area contributed by atoms with Gasteiger partial charge in [0.15, 0.2) is 0 Å². The van der Waals surface area contributed by atoms with E-state index in [-0.39, 0.29) is 6.10 Å². The molecule has 0 N–H and O–H groups in total. The normalized spacial score (nSPS) is 17.7. The lowest BCUT2D eigenvalue weighted by molar-refractivity contribution is 0.251. The van der Waals surface area contributed by atoms with Crippen LogP contribution in [0.1, 0.15) is 17.2 Å². The molecule has 1 atom stereocenters. The van der Waals surface area contributed by atoms with Gasteiger partial charge in [-0.1, -0.05) is 53.5 Å². The van der Waals surface area contributed by atoms with Crippen molar-refractivity contribution in [1.82, 2.24) is 0 Å². The fraction of sp³-hybridized carbons (Fsp3) is 0.0667. The molecule has 1 aliphatic heterocycles. The molecular weight excluding hydrogens is 267 g/mol. The summed E-state index contributed by atoms with van der Waals surface area (Å²) in [4.78, 5) is 0. The molecule has 0 fully saturated rings. The smallest absolute Gasteiger partial charge is 0.145 e. The van der Waals surface area contributed by atoms with Crippen LogP contribution in [0.15, 0.2) is 54.6 Å². The van der Waals surface area contributed by atoms with Gasteiger partial charge in [0, 0.05) is 16.1 Å². The van der Waals surface area contributed by atoms with E-state index in [0.29, 0.717) is 10.1 Å². The van der Waals surface area contributed by atoms with Gasteiger partial charge in [-0.25, -0.2) is 0 Å². The fourth-order valence-corrected chi connectivity index (χ4v) is 2.53.